The van der Waals surface area contributed by atoms with Crippen LogP contribution in [-0.2, 0) is 0 Å². The van der Waals surface area contributed by atoms with Gasteiger partial charge in [-0.1, -0.05) is 12.1 Å². The lowest BCUT2D eigenvalue weighted by atomic mass is 10.2. The van der Waals surface area contributed by atoms with Crippen molar-refractivity contribution in [3.8, 4) is 0 Å². The fourth-order valence-corrected chi connectivity index (χ4v) is 2.28. The zero-order valence-electron chi connectivity index (χ0n) is 11.5. The first-order valence-corrected chi connectivity index (χ1v) is 6.50. The van der Waals surface area contributed by atoms with E-state index in [9.17, 15) is 0 Å². The van der Waals surface area contributed by atoms with E-state index < -0.39 is 0 Å². The summed E-state index contributed by atoms with van der Waals surface area (Å²) in [6.45, 7) is 4.91. The van der Waals surface area contributed by atoms with Gasteiger partial charge in [0.1, 0.15) is 5.52 Å². The third-order valence-corrected chi connectivity index (χ3v) is 3.17. The highest BCUT2D eigenvalue weighted by molar-refractivity contribution is 5.86. The molecule has 3 N–H and O–H groups in total. The predicted octanol–water partition coefficient (Wildman–Crippen LogP) is 2.40. The molecule has 6 heteroatoms. The lowest BCUT2D eigenvalue weighted by Gasteiger charge is -2.22. The Bertz CT molecular complexity index is 748. The van der Waals surface area contributed by atoms with Gasteiger partial charge in [0, 0.05) is 12.2 Å². The Hall–Kier alpha value is -2.63. The maximum atomic E-state index is 5.78. The Morgan fingerprint density at radius 1 is 1.30 bits per heavy atom. The highest BCUT2D eigenvalue weighted by Crippen LogP contribution is 2.29. The number of nitrogen functional groups attached to an aromatic ring is 1. The summed E-state index contributed by atoms with van der Waals surface area (Å²) in [6.07, 6.45) is 1.60. The highest BCUT2D eigenvalue weighted by Gasteiger charge is 2.16. The number of hydrogen-bond acceptors (Lipinski definition) is 5. The van der Waals surface area contributed by atoms with E-state index in [0.29, 0.717) is 5.65 Å². The van der Waals surface area contributed by atoms with Crippen molar-refractivity contribution in [3.05, 3.63) is 36.2 Å². The summed E-state index contributed by atoms with van der Waals surface area (Å²) in [5.41, 5.74) is 9.43. The van der Waals surface area contributed by atoms with E-state index in [4.69, 9.17) is 5.73 Å². The first-order valence-electron chi connectivity index (χ1n) is 6.50. The van der Waals surface area contributed by atoms with Gasteiger partial charge in [0.05, 0.1) is 6.33 Å². The summed E-state index contributed by atoms with van der Waals surface area (Å²) >= 11 is 0. The number of nitrogens with one attached hydrogen (secondary N) is 1. The fraction of sp³-hybridized carbons (Fsp3) is 0.214. The smallest absolute Gasteiger partial charge is 0.224 e. The molecule has 3 aromatic rings. The molecule has 0 saturated carbocycles. The zero-order valence-corrected chi connectivity index (χ0v) is 11.5. The first-order chi connectivity index (χ1) is 9.69. The number of H-pyrrole nitrogens is 1. The summed E-state index contributed by atoms with van der Waals surface area (Å²) in [6, 6.07) is 8.26. The molecule has 0 unspecified atom stereocenters. The van der Waals surface area contributed by atoms with Gasteiger partial charge < -0.3 is 15.6 Å². The zero-order chi connectivity index (χ0) is 14.1. The molecule has 0 spiro atoms. The first kappa shape index (κ1) is 12.4. The maximum absolute atomic E-state index is 5.78. The van der Waals surface area contributed by atoms with Crippen LogP contribution in [0.2, 0.25) is 0 Å². The van der Waals surface area contributed by atoms with Gasteiger partial charge in [0.15, 0.2) is 11.5 Å². The van der Waals surface area contributed by atoms with Gasteiger partial charge >= 0.3 is 0 Å². The van der Waals surface area contributed by atoms with E-state index in [-0.39, 0.29) is 5.95 Å². The number of benzene rings is 1. The Morgan fingerprint density at radius 2 is 2.15 bits per heavy atom. The molecule has 2 aromatic heterocycles. The van der Waals surface area contributed by atoms with E-state index >= 15 is 0 Å². The predicted molar refractivity (Wildman–Crippen MR) is 80.0 cm³/mol. The molecule has 20 heavy (non-hydrogen) atoms. The Morgan fingerprint density at radius 3 is 2.90 bits per heavy atom. The largest absolute Gasteiger partial charge is 0.368 e. The molecule has 102 valence electrons. The number of aromatic nitrogens is 4. The van der Waals surface area contributed by atoms with Gasteiger partial charge in [-0.25, -0.2) is 4.98 Å². The van der Waals surface area contributed by atoms with Gasteiger partial charge in [-0.05, 0) is 31.5 Å². The lowest BCUT2D eigenvalue weighted by Crippen LogP contribution is -2.19. The van der Waals surface area contributed by atoms with E-state index in [1.165, 1.54) is 5.56 Å². The number of aryl methyl sites for hydroxylation is 1. The number of aromatic amines is 1. The van der Waals surface area contributed by atoms with Crippen LogP contribution in [0, 0.1) is 6.92 Å². The summed E-state index contributed by atoms with van der Waals surface area (Å²) in [5.74, 6) is 0.976. The van der Waals surface area contributed by atoms with Crippen molar-refractivity contribution in [1.29, 1.82) is 0 Å². The molecule has 0 aliphatic rings. The molecule has 0 radical (unpaired) electrons. The van der Waals surface area contributed by atoms with Crippen LogP contribution < -0.4 is 10.6 Å². The number of hydrogen-bond donors (Lipinski definition) is 2. The van der Waals surface area contributed by atoms with Crippen LogP contribution >= 0.6 is 0 Å². The Labute approximate surface area is 116 Å². The average Bonchev–Trinajstić information content (AvgIpc) is 2.87. The standard InChI is InChI=1S/C14H16N6/c1-3-20(10-6-4-5-9(2)7-10)13-11-12(17-8-16-11)18-14(15)19-13/h4-8H,3H2,1-2H3,(H3,15,16,17,18,19). The normalized spacial score (nSPS) is 10.9. The summed E-state index contributed by atoms with van der Waals surface area (Å²) in [4.78, 5) is 17.8. The summed E-state index contributed by atoms with van der Waals surface area (Å²) in [7, 11) is 0. The molecule has 0 aliphatic heterocycles. The molecule has 1 aromatic carbocycles. The molecular formula is C14H16N6. The van der Waals surface area contributed by atoms with E-state index in [1.54, 1.807) is 6.33 Å². The minimum absolute atomic E-state index is 0.228. The second kappa shape index (κ2) is 4.80. The Kier molecular flexibility index (Phi) is 2.98. The number of anilines is 3. The van der Waals surface area contributed by atoms with Crippen molar-refractivity contribution in [2.45, 2.75) is 13.8 Å². The van der Waals surface area contributed by atoms with Crippen molar-refractivity contribution in [1.82, 2.24) is 19.9 Å². The van der Waals surface area contributed by atoms with Crippen molar-refractivity contribution in [2.24, 2.45) is 0 Å². The van der Waals surface area contributed by atoms with Crippen LogP contribution in [0.1, 0.15) is 12.5 Å². The highest BCUT2D eigenvalue weighted by atomic mass is 15.2. The van der Waals surface area contributed by atoms with Gasteiger partial charge in [0.25, 0.3) is 0 Å². The summed E-state index contributed by atoms with van der Waals surface area (Å²) < 4.78 is 0. The van der Waals surface area contributed by atoms with Crippen LogP contribution in [0.5, 0.6) is 0 Å². The number of nitrogens with zero attached hydrogens (tertiary/aromatic N) is 4. The van der Waals surface area contributed by atoms with Gasteiger partial charge in [-0.15, -0.1) is 0 Å². The van der Waals surface area contributed by atoms with Crippen LogP contribution in [-0.4, -0.2) is 26.5 Å². The minimum atomic E-state index is 0.228. The molecule has 0 atom stereocenters. The number of fused-ring (bicyclic) bond motifs is 1. The monoisotopic (exact) mass is 268 g/mol. The van der Waals surface area contributed by atoms with E-state index in [2.05, 4.69) is 56.9 Å². The molecule has 3 rings (SSSR count). The third-order valence-electron chi connectivity index (χ3n) is 3.17. The molecule has 2 heterocycles. The van der Waals surface area contributed by atoms with Crippen molar-refractivity contribution in [2.75, 3.05) is 17.2 Å². The number of nitrogens with two attached hydrogens (primary N) is 1. The van der Waals surface area contributed by atoms with Gasteiger partial charge in [-0.3, -0.25) is 0 Å². The molecule has 0 saturated heterocycles. The second-order valence-corrected chi connectivity index (χ2v) is 4.59. The number of imidazole rings is 1. The molecule has 0 bridgehead atoms. The number of rotatable bonds is 3. The molecule has 0 amide bonds. The van der Waals surface area contributed by atoms with E-state index in [1.807, 2.05) is 6.07 Å². The van der Waals surface area contributed by atoms with Crippen molar-refractivity contribution in [3.63, 3.8) is 0 Å². The average molecular weight is 268 g/mol. The molecule has 0 aliphatic carbocycles. The van der Waals surface area contributed by atoms with Gasteiger partial charge in [-0.2, -0.15) is 9.97 Å². The van der Waals surface area contributed by atoms with E-state index in [0.717, 1.165) is 23.6 Å². The van der Waals surface area contributed by atoms with Crippen molar-refractivity contribution < 1.29 is 0 Å². The van der Waals surface area contributed by atoms with Crippen LogP contribution in [0.4, 0.5) is 17.5 Å². The molecule has 6 nitrogen and oxygen atoms in total. The molecule has 0 fully saturated rings. The lowest BCUT2D eigenvalue weighted by molar-refractivity contribution is 0.989. The summed E-state index contributed by atoms with van der Waals surface area (Å²) in [5, 5.41) is 0. The minimum Gasteiger partial charge on any atom is -0.368 e. The maximum Gasteiger partial charge on any atom is 0.224 e. The van der Waals surface area contributed by atoms with Crippen LogP contribution in [0.15, 0.2) is 30.6 Å². The van der Waals surface area contributed by atoms with Gasteiger partial charge in [0.2, 0.25) is 5.95 Å². The SMILES string of the molecule is CCN(c1cccc(C)c1)c1nc(N)nc2nc[nH]c12. The molecular weight excluding hydrogens is 252 g/mol. The fourth-order valence-electron chi connectivity index (χ4n) is 2.28. The quantitative estimate of drug-likeness (QED) is 0.762. The topological polar surface area (TPSA) is 83.7 Å². The van der Waals surface area contributed by atoms with Crippen molar-refractivity contribution >= 4 is 28.6 Å². The Balaban J connectivity index is 2.18. The third kappa shape index (κ3) is 2.05. The van der Waals surface area contributed by atoms with Crippen LogP contribution in [0.25, 0.3) is 11.2 Å². The second-order valence-electron chi connectivity index (χ2n) is 4.59. The van der Waals surface area contributed by atoms with Crippen LogP contribution in [0.3, 0.4) is 0 Å².